The van der Waals surface area contributed by atoms with E-state index in [1.165, 1.54) is 16.7 Å². The number of rotatable bonds is 4. The van der Waals surface area contributed by atoms with Gasteiger partial charge in [0.05, 0.1) is 12.4 Å². The lowest BCUT2D eigenvalue weighted by Crippen LogP contribution is -2.47. The van der Waals surface area contributed by atoms with Crippen LogP contribution in [0, 0.1) is 0 Å². The summed E-state index contributed by atoms with van der Waals surface area (Å²) in [5, 5.41) is 15.7. The normalized spacial score (nSPS) is 18.9. The highest BCUT2D eigenvalue weighted by molar-refractivity contribution is 7.99. The van der Waals surface area contributed by atoms with Crippen molar-refractivity contribution in [1.29, 1.82) is 0 Å². The van der Waals surface area contributed by atoms with Crippen LogP contribution in [-0.2, 0) is 11.3 Å². The molecule has 1 aromatic heterocycles. The molecule has 2 amide bonds. The zero-order valence-electron chi connectivity index (χ0n) is 9.65. The molecule has 1 aliphatic rings. The molecule has 0 saturated carbocycles. The summed E-state index contributed by atoms with van der Waals surface area (Å²) in [7, 11) is 0. The molecule has 1 aromatic rings. The number of aromatic nitrogens is 2. The van der Waals surface area contributed by atoms with Crippen LogP contribution in [0.3, 0.4) is 0 Å². The Kier molecular flexibility index (Phi) is 4.08. The van der Waals surface area contributed by atoms with Gasteiger partial charge in [-0.2, -0.15) is 5.10 Å². The molecule has 1 fully saturated rings. The van der Waals surface area contributed by atoms with Crippen LogP contribution in [0.15, 0.2) is 18.5 Å². The number of hydrogen-bond acceptors (Lipinski definition) is 4. The number of thioether (sulfide) groups is 1. The Balaban J connectivity index is 1.79. The van der Waals surface area contributed by atoms with E-state index in [2.05, 4.69) is 10.4 Å². The molecule has 0 aliphatic carbocycles. The second-order valence-electron chi connectivity index (χ2n) is 3.82. The van der Waals surface area contributed by atoms with E-state index in [0.717, 1.165) is 0 Å². The van der Waals surface area contributed by atoms with E-state index in [4.69, 9.17) is 5.11 Å². The van der Waals surface area contributed by atoms with Crippen molar-refractivity contribution in [3.05, 3.63) is 18.5 Å². The number of carbonyl (C=O) groups is 2. The lowest BCUT2D eigenvalue weighted by molar-refractivity contribution is -0.140. The zero-order chi connectivity index (χ0) is 13.0. The highest BCUT2D eigenvalue weighted by Crippen LogP contribution is 2.20. The number of carbonyl (C=O) groups excluding carboxylic acids is 1. The summed E-state index contributed by atoms with van der Waals surface area (Å²) in [6, 6.07) is 0.749. The van der Waals surface area contributed by atoms with Gasteiger partial charge in [0.15, 0.2) is 0 Å². The number of hydrogen-bond donors (Lipinski definition) is 2. The van der Waals surface area contributed by atoms with Crippen molar-refractivity contribution in [2.45, 2.75) is 12.6 Å². The van der Waals surface area contributed by atoms with Crippen LogP contribution in [0.1, 0.15) is 0 Å². The molecule has 0 bridgehead atoms. The summed E-state index contributed by atoms with van der Waals surface area (Å²) in [5.41, 5.74) is 0. The van der Waals surface area contributed by atoms with Crippen molar-refractivity contribution < 1.29 is 14.7 Å². The first kappa shape index (κ1) is 12.7. The summed E-state index contributed by atoms with van der Waals surface area (Å²) in [6.07, 6.45) is 3.47. The molecule has 2 heterocycles. The second-order valence-corrected chi connectivity index (χ2v) is 4.82. The van der Waals surface area contributed by atoms with Crippen LogP contribution in [-0.4, -0.2) is 56.0 Å². The fraction of sp³-hybridized carbons (Fsp3) is 0.500. The molecule has 8 heteroatoms. The SMILES string of the molecule is O=C(O)[C@@H]1CSCN1C(=O)NCCn1cccn1. The van der Waals surface area contributed by atoms with Gasteiger partial charge in [-0.05, 0) is 6.07 Å². The second kappa shape index (κ2) is 5.76. The molecule has 18 heavy (non-hydrogen) atoms. The number of amides is 2. The average molecular weight is 270 g/mol. The van der Waals surface area contributed by atoms with Crippen molar-refractivity contribution in [3.63, 3.8) is 0 Å². The average Bonchev–Trinajstić information content (AvgIpc) is 2.99. The topological polar surface area (TPSA) is 87.5 Å². The van der Waals surface area contributed by atoms with Crippen LogP contribution in [0.25, 0.3) is 0 Å². The number of carboxylic acids is 1. The van der Waals surface area contributed by atoms with Crippen LogP contribution in [0.2, 0.25) is 0 Å². The maximum atomic E-state index is 11.8. The quantitative estimate of drug-likeness (QED) is 0.807. The summed E-state index contributed by atoms with van der Waals surface area (Å²) in [4.78, 5) is 24.1. The van der Waals surface area contributed by atoms with Gasteiger partial charge >= 0.3 is 12.0 Å². The number of nitrogens with zero attached hydrogens (tertiary/aromatic N) is 3. The Morgan fingerprint density at radius 1 is 1.56 bits per heavy atom. The standard InChI is InChI=1S/C10H14N4O3S/c15-9(16)8-6-18-7-14(8)10(17)11-3-5-13-4-1-2-12-13/h1-2,4,8H,3,5-7H2,(H,11,17)(H,15,16)/t8-/m0/s1. The lowest BCUT2D eigenvalue weighted by atomic mass is 10.3. The van der Waals surface area contributed by atoms with Crippen molar-refractivity contribution >= 4 is 23.8 Å². The van der Waals surface area contributed by atoms with E-state index >= 15 is 0 Å². The maximum absolute atomic E-state index is 11.8. The molecule has 7 nitrogen and oxygen atoms in total. The summed E-state index contributed by atoms with van der Waals surface area (Å²) in [6.45, 7) is 0.992. The van der Waals surface area contributed by atoms with Crippen molar-refractivity contribution in [2.75, 3.05) is 18.2 Å². The molecule has 1 saturated heterocycles. The molecule has 0 unspecified atom stereocenters. The van der Waals surface area contributed by atoms with Crippen LogP contribution >= 0.6 is 11.8 Å². The summed E-state index contributed by atoms with van der Waals surface area (Å²) >= 11 is 1.44. The van der Waals surface area contributed by atoms with Crippen molar-refractivity contribution in [2.24, 2.45) is 0 Å². The molecule has 0 radical (unpaired) electrons. The highest BCUT2D eigenvalue weighted by atomic mass is 32.2. The van der Waals surface area contributed by atoms with Gasteiger partial charge < -0.3 is 15.3 Å². The van der Waals surface area contributed by atoms with Gasteiger partial charge in [-0.3, -0.25) is 4.68 Å². The largest absolute Gasteiger partial charge is 0.480 e. The van der Waals surface area contributed by atoms with E-state index in [-0.39, 0.29) is 6.03 Å². The van der Waals surface area contributed by atoms with E-state index in [1.54, 1.807) is 23.1 Å². The van der Waals surface area contributed by atoms with Gasteiger partial charge in [-0.1, -0.05) is 0 Å². The molecule has 1 atom stereocenters. The van der Waals surface area contributed by atoms with Gasteiger partial charge in [0.25, 0.3) is 0 Å². The minimum absolute atomic E-state index is 0.334. The van der Waals surface area contributed by atoms with E-state index in [9.17, 15) is 9.59 Å². The first-order valence-corrected chi connectivity index (χ1v) is 6.66. The van der Waals surface area contributed by atoms with E-state index in [0.29, 0.717) is 24.7 Å². The van der Waals surface area contributed by atoms with Gasteiger partial charge in [0.1, 0.15) is 6.04 Å². The fourth-order valence-corrected chi connectivity index (χ4v) is 2.80. The molecule has 0 aromatic carbocycles. The van der Waals surface area contributed by atoms with Gasteiger partial charge in [-0.25, -0.2) is 9.59 Å². The third-order valence-electron chi connectivity index (χ3n) is 2.60. The van der Waals surface area contributed by atoms with Crippen molar-refractivity contribution in [3.8, 4) is 0 Å². The summed E-state index contributed by atoms with van der Waals surface area (Å²) in [5.74, 6) is -0.0887. The Morgan fingerprint density at radius 2 is 2.39 bits per heavy atom. The smallest absolute Gasteiger partial charge is 0.327 e. The van der Waals surface area contributed by atoms with Gasteiger partial charge in [0.2, 0.25) is 0 Å². The van der Waals surface area contributed by atoms with Gasteiger partial charge in [-0.15, -0.1) is 11.8 Å². The lowest BCUT2D eigenvalue weighted by Gasteiger charge is -2.20. The van der Waals surface area contributed by atoms with E-state index in [1.807, 2.05) is 0 Å². The monoisotopic (exact) mass is 270 g/mol. The first-order valence-electron chi connectivity index (χ1n) is 5.51. The highest BCUT2D eigenvalue weighted by Gasteiger charge is 2.34. The fourth-order valence-electron chi connectivity index (χ4n) is 1.66. The number of carboxylic acid groups (broad SMARTS) is 1. The number of aliphatic carboxylic acids is 1. The molecule has 0 spiro atoms. The Hall–Kier alpha value is -1.70. The molecular formula is C10H14N4O3S. The molecular weight excluding hydrogens is 256 g/mol. The van der Waals surface area contributed by atoms with Gasteiger partial charge in [0, 0.05) is 24.7 Å². The molecule has 98 valence electrons. The first-order chi connectivity index (χ1) is 8.68. The molecule has 2 rings (SSSR count). The molecule has 2 N–H and O–H groups in total. The van der Waals surface area contributed by atoms with Crippen molar-refractivity contribution in [1.82, 2.24) is 20.0 Å². The minimum Gasteiger partial charge on any atom is -0.480 e. The zero-order valence-corrected chi connectivity index (χ0v) is 10.5. The third-order valence-corrected chi connectivity index (χ3v) is 3.62. The number of urea groups is 1. The number of nitrogens with one attached hydrogen (secondary N) is 1. The minimum atomic E-state index is -0.956. The van der Waals surface area contributed by atoms with Crippen LogP contribution in [0.5, 0.6) is 0 Å². The predicted molar refractivity (Wildman–Crippen MR) is 66.2 cm³/mol. The summed E-state index contributed by atoms with van der Waals surface area (Å²) < 4.78 is 1.70. The third kappa shape index (κ3) is 2.95. The Bertz CT molecular complexity index is 423. The maximum Gasteiger partial charge on any atom is 0.327 e. The Morgan fingerprint density at radius 3 is 3.06 bits per heavy atom. The van der Waals surface area contributed by atoms with E-state index < -0.39 is 12.0 Å². The Labute approximate surface area is 108 Å². The van der Waals surface area contributed by atoms with Crippen LogP contribution < -0.4 is 5.32 Å². The van der Waals surface area contributed by atoms with Crippen LogP contribution in [0.4, 0.5) is 4.79 Å². The molecule has 1 aliphatic heterocycles. The predicted octanol–water partition coefficient (Wildman–Crippen LogP) is 0.0522.